The number of carbonyl (C=O) groups is 2. The van der Waals surface area contributed by atoms with Gasteiger partial charge < -0.3 is 20.3 Å². The molecule has 2 heterocycles. The van der Waals surface area contributed by atoms with Crippen LogP contribution >= 0.6 is 0 Å². The Bertz CT molecular complexity index is 617. The van der Waals surface area contributed by atoms with Crippen molar-refractivity contribution in [3.05, 3.63) is 23.5 Å². The quantitative estimate of drug-likeness (QED) is 0.706. The molecule has 0 radical (unpaired) electrons. The van der Waals surface area contributed by atoms with E-state index in [2.05, 4.69) is 22.3 Å². The van der Waals surface area contributed by atoms with Crippen LogP contribution in [0, 0.1) is 13.8 Å². The second kappa shape index (κ2) is 8.57. The molecule has 0 saturated heterocycles. The number of aryl methyl sites for hydroxylation is 2. The molecule has 1 aromatic rings. The summed E-state index contributed by atoms with van der Waals surface area (Å²) in [6.07, 6.45) is 1.12. The van der Waals surface area contributed by atoms with Crippen LogP contribution in [-0.4, -0.2) is 51.1 Å². The van der Waals surface area contributed by atoms with Crippen LogP contribution in [0.5, 0.6) is 0 Å². The van der Waals surface area contributed by atoms with Crippen molar-refractivity contribution in [1.29, 1.82) is 0 Å². The van der Waals surface area contributed by atoms with Crippen molar-refractivity contribution in [3.63, 3.8) is 0 Å². The van der Waals surface area contributed by atoms with Crippen LogP contribution in [0.15, 0.2) is 17.1 Å². The van der Waals surface area contributed by atoms with Gasteiger partial charge >= 0.3 is 11.9 Å². The molecular weight excluding hydrogens is 304 g/mol. The molecule has 2 rings (SSSR count). The lowest BCUT2D eigenvalue weighted by Gasteiger charge is -2.06. The number of aliphatic imine (C=N–C) groups is 1. The lowest BCUT2D eigenvalue weighted by Crippen LogP contribution is -2.13. The fourth-order valence-electron chi connectivity index (χ4n) is 1.85. The number of carboxylic acids is 2. The summed E-state index contributed by atoms with van der Waals surface area (Å²) in [5, 5.41) is 23.2. The van der Waals surface area contributed by atoms with Gasteiger partial charge in [-0.25, -0.2) is 14.6 Å². The third-order valence-electron chi connectivity index (χ3n) is 2.87. The topological polar surface area (TPSA) is 126 Å². The molecule has 0 aromatic carbocycles. The van der Waals surface area contributed by atoms with Gasteiger partial charge in [0, 0.05) is 18.7 Å². The van der Waals surface area contributed by atoms with Gasteiger partial charge in [0.25, 0.3) is 6.02 Å². The summed E-state index contributed by atoms with van der Waals surface area (Å²) in [5.41, 5.74) is 3.11. The Morgan fingerprint density at radius 1 is 1.30 bits per heavy atom. The van der Waals surface area contributed by atoms with Crippen molar-refractivity contribution in [2.45, 2.75) is 27.3 Å². The lowest BCUT2D eigenvalue weighted by molar-refractivity contribution is -0.134. The molecule has 23 heavy (non-hydrogen) atoms. The van der Waals surface area contributed by atoms with E-state index in [9.17, 15) is 9.59 Å². The zero-order chi connectivity index (χ0) is 17.4. The molecule has 126 valence electrons. The second-order valence-corrected chi connectivity index (χ2v) is 4.53. The molecule has 0 spiro atoms. The van der Waals surface area contributed by atoms with Crippen LogP contribution in [-0.2, 0) is 20.9 Å². The lowest BCUT2D eigenvalue weighted by atomic mass is 10.3. The minimum Gasteiger partial charge on any atom is -0.478 e. The molecule has 0 amide bonds. The maximum atomic E-state index is 9.55. The van der Waals surface area contributed by atoms with E-state index >= 15 is 0 Å². The van der Waals surface area contributed by atoms with Crippen molar-refractivity contribution < 1.29 is 24.5 Å². The number of nitrogens with one attached hydrogen (secondary N) is 1. The minimum atomic E-state index is -1.26. The number of aromatic nitrogens is 2. The van der Waals surface area contributed by atoms with Crippen LogP contribution in [0.25, 0.3) is 0 Å². The summed E-state index contributed by atoms with van der Waals surface area (Å²) in [5.74, 6) is -2.51. The van der Waals surface area contributed by atoms with Crippen molar-refractivity contribution in [1.82, 2.24) is 9.78 Å². The summed E-state index contributed by atoms with van der Waals surface area (Å²) in [7, 11) is 0. The van der Waals surface area contributed by atoms with Gasteiger partial charge in [-0.05, 0) is 20.8 Å². The SMILES string of the molecule is CCn1nc(C)c(NC2=NCCO2)c1C.O=C(O)C=CC(=O)O. The fraction of sp³-hybridized carbons (Fsp3) is 0.429. The molecule has 9 nitrogen and oxygen atoms in total. The van der Waals surface area contributed by atoms with E-state index in [1.807, 2.05) is 18.5 Å². The Kier molecular flexibility index (Phi) is 6.78. The maximum absolute atomic E-state index is 9.55. The highest BCUT2D eigenvalue weighted by molar-refractivity contribution is 5.91. The first-order valence-electron chi connectivity index (χ1n) is 6.97. The molecular formula is C14H20N4O5. The second-order valence-electron chi connectivity index (χ2n) is 4.53. The highest BCUT2D eigenvalue weighted by Crippen LogP contribution is 2.19. The molecule has 0 unspecified atom stereocenters. The Morgan fingerprint density at radius 2 is 1.91 bits per heavy atom. The third kappa shape index (κ3) is 5.81. The Hall–Kier alpha value is -2.84. The van der Waals surface area contributed by atoms with Crippen molar-refractivity contribution in [2.24, 2.45) is 4.99 Å². The molecule has 0 aliphatic carbocycles. The first kappa shape index (κ1) is 18.2. The zero-order valence-electron chi connectivity index (χ0n) is 13.2. The Morgan fingerprint density at radius 3 is 2.30 bits per heavy atom. The van der Waals surface area contributed by atoms with Gasteiger partial charge in [0.1, 0.15) is 6.61 Å². The molecule has 1 aliphatic heterocycles. The average molecular weight is 324 g/mol. The number of hydrogen-bond acceptors (Lipinski definition) is 6. The first-order valence-corrected chi connectivity index (χ1v) is 6.97. The number of nitrogens with zero attached hydrogens (tertiary/aromatic N) is 3. The van der Waals surface area contributed by atoms with Crippen molar-refractivity contribution >= 4 is 23.6 Å². The molecule has 3 N–H and O–H groups in total. The highest BCUT2D eigenvalue weighted by atomic mass is 16.5. The van der Waals surface area contributed by atoms with E-state index in [4.69, 9.17) is 14.9 Å². The van der Waals surface area contributed by atoms with E-state index in [0.717, 1.165) is 30.2 Å². The Labute approximate surface area is 133 Å². The van der Waals surface area contributed by atoms with Crippen LogP contribution in [0.1, 0.15) is 18.3 Å². The molecule has 0 atom stereocenters. The van der Waals surface area contributed by atoms with E-state index in [0.29, 0.717) is 24.8 Å². The van der Waals surface area contributed by atoms with Gasteiger partial charge in [0.15, 0.2) is 0 Å². The maximum Gasteiger partial charge on any atom is 0.328 e. The number of amidine groups is 1. The smallest absolute Gasteiger partial charge is 0.328 e. The van der Waals surface area contributed by atoms with E-state index in [1.54, 1.807) is 0 Å². The molecule has 0 saturated carbocycles. The summed E-state index contributed by atoms with van der Waals surface area (Å²) < 4.78 is 7.28. The van der Waals surface area contributed by atoms with Gasteiger partial charge in [-0.2, -0.15) is 5.10 Å². The van der Waals surface area contributed by atoms with Crippen LogP contribution in [0.2, 0.25) is 0 Å². The normalized spacial score (nSPS) is 13.1. The third-order valence-corrected chi connectivity index (χ3v) is 2.87. The standard InChI is InChI=1S/C10H16N4O.C4H4O4/c1-4-14-8(3)9(7(2)13-14)12-10-11-5-6-15-10;5-3(6)1-2-4(7)8/h4-6H2,1-3H3,(H,11,12);1-2H,(H,5,6)(H,7,8). The van der Waals surface area contributed by atoms with Crippen LogP contribution < -0.4 is 5.32 Å². The van der Waals surface area contributed by atoms with Crippen LogP contribution in [0.4, 0.5) is 5.69 Å². The van der Waals surface area contributed by atoms with Gasteiger partial charge in [-0.15, -0.1) is 0 Å². The largest absolute Gasteiger partial charge is 0.478 e. The zero-order valence-corrected chi connectivity index (χ0v) is 13.2. The van der Waals surface area contributed by atoms with E-state index in [1.165, 1.54) is 0 Å². The number of hydrogen-bond donors (Lipinski definition) is 3. The average Bonchev–Trinajstić information content (AvgIpc) is 3.09. The predicted molar refractivity (Wildman–Crippen MR) is 83.7 cm³/mol. The van der Waals surface area contributed by atoms with Gasteiger partial charge in [0.2, 0.25) is 0 Å². The Balaban J connectivity index is 0.000000284. The minimum absolute atomic E-state index is 0.558. The van der Waals surface area contributed by atoms with E-state index in [-0.39, 0.29) is 0 Å². The summed E-state index contributed by atoms with van der Waals surface area (Å²) in [6.45, 7) is 8.39. The first-order chi connectivity index (χ1) is 10.8. The predicted octanol–water partition coefficient (Wildman–Crippen LogP) is 1.03. The monoisotopic (exact) mass is 324 g/mol. The number of aliphatic carboxylic acids is 2. The van der Waals surface area contributed by atoms with Crippen molar-refractivity contribution in [2.75, 3.05) is 18.5 Å². The summed E-state index contributed by atoms with van der Waals surface area (Å²) in [4.78, 5) is 23.3. The number of anilines is 1. The van der Waals surface area contributed by atoms with Crippen LogP contribution in [0.3, 0.4) is 0 Å². The fourth-order valence-corrected chi connectivity index (χ4v) is 1.85. The molecule has 1 aromatic heterocycles. The van der Waals surface area contributed by atoms with Gasteiger partial charge in [-0.3, -0.25) is 4.68 Å². The molecule has 9 heteroatoms. The number of rotatable bonds is 4. The van der Waals surface area contributed by atoms with E-state index < -0.39 is 11.9 Å². The van der Waals surface area contributed by atoms with Gasteiger partial charge in [-0.1, -0.05) is 0 Å². The highest BCUT2D eigenvalue weighted by Gasteiger charge is 2.14. The number of ether oxygens (including phenoxy) is 1. The summed E-state index contributed by atoms with van der Waals surface area (Å²) in [6, 6.07) is 0.608. The summed E-state index contributed by atoms with van der Waals surface area (Å²) >= 11 is 0. The molecule has 0 fully saturated rings. The number of carboxylic acid groups (broad SMARTS) is 2. The molecule has 0 bridgehead atoms. The van der Waals surface area contributed by atoms with Gasteiger partial charge in [0.05, 0.1) is 23.6 Å². The molecule has 1 aliphatic rings. The van der Waals surface area contributed by atoms with Crippen molar-refractivity contribution in [3.8, 4) is 0 Å².